The maximum absolute atomic E-state index is 12.6. The van der Waals surface area contributed by atoms with Crippen LogP contribution in [0.4, 0.5) is 4.39 Å². The highest BCUT2D eigenvalue weighted by molar-refractivity contribution is 5.85. The summed E-state index contributed by atoms with van der Waals surface area (Å²) in [6, 6.07) is 5.50. The third-order valence-electron chi connectivity index (χ3n) is 2.74. The van der Waals surface area contributed by atoms with Crippen LogP contribution in [0.25, 0.3) is 0 Å². The van der Waals surface area contributed by atoms with E-state index in [1.54, 1.807) is 0 Å². The monoisotopic (exact) mass is 305 g/mol. The van der Waals surface area contributed by atoms with Crippen molar-refractivity contribution < 1.29 is 18.7 Å². The summed E-state index contributed by atoms with van der Waals surface area (Å²) in [6.07, 6.45) is 0. The van der Waals surface area contributed by atoms with Crippen molar-refractivity contribution >= 4 is 18.4 Å². The van der Waals surface area contributed by atoms with Crippen molar-refractivity contribution in [2.75, 3.05) is 32.8 Å². The molecule has 0 saturated heterocycles. The van der Waals surface area contributed by atoms with Crippen molar-refractivity contribution in [3.63, 3.8) is 0 Å². The van der Waals surface area contributed by atoms with E-state index in [1.807, 2.05) is 0 Å². The van der Waals surface area contributed by atoms with Crippen LogP contribution < -0.4 is 4.74 Å². The molecule has 0 aliphatic heterocycles. The van der Waals surface area contributed by atoms with E-state index >= 15 is 0 Å². The SMILES string of the molecule is CCN(CC)CCOC(=O)COc1ccc(F)cc1.Cl. The molecule has 1 rings (SSSR count). The Labute approximate surface area is 125 Å². The second-order valence-electron chi connectivity index (χ2n) is 3.99. The summed E-state index contributed by atoms with van der Waals surface area (Å²) in [6.45, 7) is 6.89. The van der Waals surface area contributed by atoms with Crippen LogP contribution in [0, 0.1) is 5.82 Å². The Kier molecular flexibility index (Phi) is 9.76. The normalized spacial score (nSPS) is 10.0. The highest BCUT2D eigenvalue weighted by Gasteiger charge is 2.06. The molecular formula is C14H21ClFNO3. The molecule has 0 aromatic heterocycles. The van der Waals surface area contributed by atoms with Gasteiger partial charge in [0.1, 0.15) is 18.2 Å². The number of ether oxygens (including phenoxy) is 2. The van der Waals surface area contributed by atoms with E-state index in [4.69, 9.17) is 9.47 Å². The molecule has 0 amide bonds. The average Bonchev–Trinajstić information content (AvgIpc) is 2.43. The number of carbonyl (C=O) groups excluding carboxylic acids is 1. The summed E-state index contributed by atoms with van der Waals surface area (Å²) in [5.41, 5.74) is 0. The zero-order chi connectivity index (χ0) is 14.1. The molecule has 0 unspecified atom stereocenters. The van der Waals surface area contributed by atoms with Crippen LogP contribution in [-0.4, -0.2) is 43.7 Å². The molecule has 0 radical (unpaired) electrons. The number of esters is 1. The number of nitrogens with zero attached hydrogens (tertiary/aromatic N) is 1. The summed E-state index contributed by atoms with van der Waals surface area (Å²) in [5, 5.41) is 0. The van der Waals surface area contributed by atoms with Crippen molar-refractivity contribution in [3.8, 4) is 5.75 Å². The number of carbonyl (C=O) groups is 1. The molecule has 0 N–H and O–H groups in total. The van der Waals surface area contributed by atoms with Crippen LogP contribution in [0.1, 0.15) is 13.8 Å². The van der Waals surface area contributed by atoms with Gasteiger partial charge in [0.05, 0.1) is 0 Å². The van der Waals surface area contributed by atoms with Gasteiger partial charge in [-0.3, -0.25) is 0 Å². The lowest BCUT2D eigenvalue weighted by Crippen LogP contribution is -2.28. The Morgan fingerprint density at radius 3 is 2.35 bits per heavy atom. The van der Waals surface area contributed by atoms with Gasteiger partial charge >= 0.3 is 5.97 Å². The molecular weight excluding hydrogens is 285 g/mol. The molecule has 1 aromatic rings. The van der Waals surface area contributed by atoms with Crippen LogP contribution in [0.3, 0.4) is 0 Å². The number of hydrogen-bond acceptors (Lipinski definition) is 4. The van der Waals surface area contributed by atoms with Crippen molar-refractivity contribution in [3.05, 3.63) is 30.1 Å². The van der Waals surface area contributed by atoms with Gasteiger partial charge in [-0.1, -0.05) is 13.8 Å². The molecule has 0 saturated carbocycles. The van der Waals surface area contributed by atoms with E-state index < -0.39 is 5.97 Å². The largest absolute Gasteiger partial charge is 0.482 e. The van der Waals surface area contributed by atoms with Gasteiger partial charge in [-0.2, -0.15) is 0 Å². The fourth-order valence-electron chi connectivity index (χ4n) is 1.54. The van der Waals surface area contributed by atoms with E-state index in [-0.39, 0.29) is 24.8 Å². The molecule has 20 heavy (non-hydrogen) atoms. The lowest BCUT2D eigenvalue weighted by molar-refractivity contribution is -0.146. The number of hydrogen-bond donors (Lipinski definition) is 0. The molecule has 4 nitrogen and oxygen atoms in total. The van der Waals surface area contributed by atoms with Gasteiger partial charge in [-0.25, -0.2) is 9.18 Å². The minimum absolute atomic E-state index is 0. The van der Waals surface area contributed by atoms with Gasteiger partial charge in [0.25, 0.3) is 0 Å². The second kappa shape index (κ2) is 10.5. The van der Waals surface area contributed by atoms with Crippen LogP contribution >= 0.6 is 12.4 Å². The number of halogens is 2. The number of likely N-dealkylation sites (N-methyl/N-ethyl adjacent to an activating group) is 1. The quantitative estimate of drug-likeness (QED) is 0.692. The van der Waals surface area contributed by atoms with Crippen molar-refractivity contribution in [1.82, 2.24) is 4.90 Å². The van der Waals surface area contributed by atoms with Gasteiger partial charge < -0.3 is 14.4 Å². The molecule has 0 fully saturated rings. The molecule has 0 heterocycles. The first-order chi connectivity index (χ1) is 9.15. The third kappa shape index (κ3) is 7.31. The standard InChI is InChI=1S/C14H20FNO3.ClH/c1-3-16(4-2)9-10-18-14(17)11-19-13-7-5-12(15)6-8-13;/h5-8H,3-4,9-11H2,1-2H3;1H. The number of benzene rings is 1. The minimum atomic E-state index is -0.420. The lowest BCUT2D eigenvalue weighted by Gasteiger charge is -2.17. The van der Waals surface area contributed by atoms with Crippen LogP contribution in [-0.2, 0) is 9.53 Å². The third-order valence-corrected chi connectivity index (χ3v) is 2.74. The van der Waals surface area contributed by atoms with Crippen molar-refractivity contribution in [1.29, 1.82) is 0 Å². The fourth-order valence-corrected chi connectivity index (χ4v) is 1.54. The van der Waals surface area contributed by atoms with Gasteiger partial charge in [-0.15, -0.1) is 12.4 Å². The lowest BCUT2D eigenvalue weighted by atomic mass is 10.3. The maximum atomic E-state index is 12.6. The van der Waals surface area contributed by atoms with Crippen LogP contribution in [0.5, 0.6) is 5.75 Å². The zero-order valence-corrected chi connectivity index (χ0v) is 12.6. The van der Waals surface area contributed by atoms with Crippen LogP contribution in [0.2, 0.25) is 0 Å². The Morgan fingerprint density at radius 2 is 1.80 bits per heavy atom. The molecule has 0 aliphatic carbocycles. The van der Waals surface area contributed by atoms with E-state index in [0.29, 0.717) is 12.4 Å². The van der Waals surface area contributed by atoms with Gasteiger partial charge in [0, 0.05) is 6.54 Å². The Bertz CT molecular complexity index is 383. The van der Waals surface area contributed by atoms with E-state index in [2.05, 4.69) is 18.7 Å². The van der Waals surface area contributed by atoms with Gasteiger partial charge in [0.15, 0.2) is 6.61 Å². The molecule has 0 aliphatic rings. The molecule has 6 heteroatoms. The molecule has 0 bridgehead atoms. The average molecular weight is 306 g/mol. The highest BCUT2D eigenvalue weighted by Crippen LogP contribution is 2.10. The van der Waals surface area contributed by atoms with Crippen LogP contribution in [0.15, 0.2) is 24.3 Å². The highest BCUT2D eigenvalue weighted by atomic mass is 35.5. The maximum Gasteiger partial charge on any atom is 0.344 e. The molecule has 1 aromatic carbocycles. The van der Waals surface area contributed by atoms with Crippen molar-refractivity contribution in [2.24, 2.45) is 0 Å². The summed E-state index contributed by atoms with van der Waals surface area (Å²) < 4.78 is 22.9. The first-order valence-electron chi connectivity index (χ1n) is 6.42. The summed E-state index contributed by atoms with van der Waals surface area (Å²) in [4.78, 5) is 13.6. The molecule has 0 spiro atoms. The first-order valence-corrected chi connectivity index (χ1v) is 6.42. The molecule has 0 atom stereocenters. The Hall–Kier alpha value is -1.33. The number of rotatable bonds is 8. The summed E-state index contributed by atoms with van der Waals surface area (Å²) >= 11 is 0. The van der Waals surface area contributed by atoms with Gasteiger partial charge in [0.2, 0.25) is 0 Å². The Morgan fingerprint density at radius 1 is 1.20 bits per heavy atom. The molecule has 114 valence electrons. The minimum Gasteiger partial charge on any atom is -0.482 e. The predicted molar refractivity (Wildman–Crippen MR) is 77.9 cm³/mol. The smallest absolute Gasteiger partial charge is 0.344 e. The van der Waals surface area contributed by atoms with Gasteiger partial charge in [-0.05, 0) is 37.4 Å². The topological polar surface area (TPSA) is 38.8 Å². The fraction of sp³-hybridized carbons (Fsp3) is 0.500. The zero-order valence-electron chi connectivity index (χ0n) is 11.8. The van der Waals surface area contributed by atoms with Crippen molar-refractivity contribution in [2.45, 2.75) is 13.8 Å². The second-order valence-corrected chi connectivity index (χ2v) is 3.99. The first kappa shape index (κ1) is 18.7. The predicted octanol–water partition coefficient (Wildman–Crippen LogP) is 2.51. The summed E-state index contributed by atoms with van der Waals surface area (Å²) in [5.74, 6) is -0.312. The van der Waals surface area contributed by atoms with E-state index in [9.17, 15) is 9.18 Å². The van der Waals surface area contributed by atoms with E-state index in [0.717, 1.165) is 19.6 Å². The Balaban J connectivity index is 0.00000361. The summed E-state index contributed by atoms with van der Waals surface area (Å²) in [7, 11) is 0. The van der Waals surface area contributed by atoms with E-state index in [1.165, 1.54) is 24.3 Å².